The summed E-state index contributed by atoms with van der Waals surface area (Å²) in [6, 6.07) is 7.43. The van der Waals surface area contributed by atoms with Gasteiger partial charge in [0.2, 0.25) is 0 Å². The third-order valence-corrected chi connectivity index (χ3v) is 2.80. The minimum Gasteiger partial charge on any atom is -0.399 e. The molecule has 0 saturated carbocycles. The monoisotopic (exact) mass is 304 g/mol. The summed E-state index contributed by atoms with van der Waals surface area (Å²) >= 11 is 0. The molecule has 22 heavy (non-hydrogen) atoms. The zero-order valence-corrected chi connectivity index (χ0v) is 11.3. The lowest BCUT2D eigenvalue weighted by atomic mass is 10.2. The molecule has 0 spiro atoms. The summed E-state index contributed by atoms with van der Waals surface area (Å²) in [5.74, 6) is -0.644. The smallest absolute Gasteiger partial charge is 0.399 e. The minimum absolute atomic E-state index is 0.325. The van der Waals surface area contributed by atoms with Crippen molar-refractivity contribution < 1.29 is 17.7 Å². The molecule has 0 amide bonds. The summed E-state index contributed by atoms with van der Waals surface area (Å²) < 4.78 is 18.7. The zero-order chi connectivity index (χ0) is 15.4. The lowest BCUT2D eigenvalue weighted by molar-refractivity contribution is 0.375. The van der Waals surface area contributed by atoms with Crippen molar-refractivity contribution in [2.75, 3.05) is 10.6 Å². The Hall–Kier alpha value is -3.16. The molecule has 114 valence electrons. The Bertz CT molecular complexity index is 789. The Morgan fingerprint density at radius 1 is 0.818 bits per heavy atom. The van der Waals surface area contributed by atoms with Gasteiger partial charge in [-0.25, -0.2) is 9.59 Å². The van der Waals surface area contributed by atoms with Crippen molar-refractivity contribution in [1.29, 1.82) is 0 Å². The fraction of sp³-hybridized carbons (Fsp3) is 0.143. The quantitative estimate of drug-likeness (QED) is 0.711. The maximum Gasteiger partial charge on any atom is 0.518 e. The number of hydrogen-bond acceptors (Lipinski definition) is 8. The normalized spacial score (nSPS) is 10.5. The van der Waals surface area contributed by atoms with E-state index in [2.05, 4.69) is 19.5 Å². The second-order valence-corrected chi connectivity index (χ2v) is 4.40. The van der Waals surface area contributed by atoms with E-state index in [-0.39, 0.29) is 0 Å². The second kappa shape index (κ2) is 6.08. The van der Waals surface area contributed by atoms with Crippen molar-refractivity contribution in [3.63, 3.8) is 0 Å². The van der Waals surface area contributed by atoms with Gasteiger partial charge >= 0.3 is 11.6 Å². The average molecular weight is 304 g/mol. The summed E-state index contributed by atoms with van der Waals surface area (Å²) in [5.41, 5.74) is 1.64. The molecule has 2 N–H and O–H groups in total. The molecule has 8 nitrogen and oxygen atoms in total. The number of hydrogen-bond donors (Lipinski definition) is 2. The molecule has 0 aliphatic carbocycles. The number of anilines is 2. The fourth-order valence-electron chi connectivity index (χ4n) is 1.81. The molecule has 0 radical (unpaired) electrons. The van der Waals surface area contributed by atoms with Crippen LogP contribution in [0.5, 0.6) is 0 Å². The molecule has 0 saturated heterocycles. The highest BCUT2D eigenvalue weighted by Crippen LogP contribution is 2.16. The Morgan fingerprint density at radius 2 is 1.32 bits per heavy atom. The van der Waals surface area contributed by atoms with Crippen LogP contribution >= 0.6 is 0 Å². The van der Waals surface area contributed by atoms with Gasteiger partial charge in [-0.1, -0.05) is 6.07 Å². The molecule has 0 aliphatic heterocycles. The molecule has 0 unspecified atom stereocenters. The van der Waals surface area contributed by atoms with Gasteiger partial charge in [0.1, 0.15) is 12.5 Å². The molecule has 0 aliphatic rings. The van der Waals surface area contributed by atoms with Crippen molar-refractivity contribution in [3.05, 3.63) is 69.5 Å². The van der Waals surface area contributed by atoms with Crippen LogP contribution in [0.1, 0.15) is 11.5 Å². The summed E-state index contributed by atoms with van der Waals surface area (Å²) in [7, 11) is 0. The van der Waals surface area contributed by atoms with Crippen LogP contribution in [0.25, 0.3) is 0 Å². The van der Waals surface area contributed by atoms with E-state index in [9.17, 15) is 9.59 Å². The van der Waals surface area contributed by atoms with E-state index in [1.165, 1.54) is 12.5 Å². The first-order chi connectivity index (χ1) is 10.7. The number of rotatable bonds is 6. The van der Waals surface area contributed by atoms with Gasteiger partial charge in [-0.3, -0.25) is 0 Å². The molecular formula is C14H12N2O6. The van der Waals surface area contributed by atoms with Gasteiger partial charge in [0.25, 0.3) is 0 Å². The van der Waals surface area contributed by atoms with Crippen LogP contribution in [-0.2, 0) is 13.1 Å². The lowest BCUT2D eigenvalue weighted by Gasteiger charge is -2.08. The highest BCUT2D eigenvalue weighted by molar-refractivity contribution is 5.56. The lowest BCUT2D eigenvalue weighted by Crippen LogP contribution is -2.02. The van der Waals surface area contributed by atoms with Gasteiger partial charge in [0.05, 0.1) is 13.1 Å². The van der Waals surface area contributed by atoms with E-state index in [1.807, 2.05) is 24.3 Å². The molecule has 0 atom stereocenters. The molecule has 1 aromatic carbocycles. The molecule has 8 heteroatoms. The van der Waals surface area contributed by atoms with Gasteiger partial charge in [-0.2, -0.15) is 0 Å². The van der Waals surface area contributed by atoms with Gasteiger partial charge in [-0.15, -0.1) is 0 Å². The predicted octanol–water partition coefficient (Wildman–Crippen LogP) is 2.00. The maximum absolute atomic E-state index is 10.8. The van der Waals surface area contributed by atoms with E-state index in [0.717, 1.165) is 11.4 Å². The van der Waals surface area contributed by atoms with Gasteiger partial charge in [-0.05, 0) is 18.2 Å². The average Bonchev–Trinajstić information content (AvgIpc) is 3.12. The second-order valence-electron chi connectivity index (χ2n) is 4.40. The summed E-state index contributed by atoms with van der Waals surface area (Å²) in [4.78, 5) is 21.5. The van der Waals surface area contributed by atoms with Crippen LogP contribution in [0.2, 0.25) is 0 Å². The van der Waals surface area contributed by atoms with Crippen molar-refractivity contribution >= 4 is 11.4 Å². The van der Waals surface area contributed by atoms with Crippen LogP contribution in [-0.4, -0.2) is 0 Å². The van der Waals surface area contributed by atoms with E-state index < -0.39 is 11.6 Å². The van der Waals surface area contributed by atoms with Crippen LogP contribution in [0.3, 0.4) is 0 Å². The maximum atomic E-state index is 10.8. The zero-order valence-electron chi connectivity index (χ0n) is 11.3. The number of benzene rings is 1. The van der Waals surface area contributed by atoms with Gasteiger partial charge in [0, 0.05) is 11.4 Å². The first kappa shape index (κ1) is 13.8. The highest BCUT2D eigenvalue weighted by atomic mass is 16.6. The fourth-order valence-corrected chi connectivity index (χ4v) is 1.81. The van der Waals surface area contributed by atoms with E-state index in [0.29, 0.717) is 24.6 Å². The Kier molecular flexibility index (Phi) is 3.82. The Morgan fingerprint density at radius 3 is 1.73 bits per heavy atom. The van der Waals surface area contributed by atoms with E-state index in [4.69, 9.17) is 8.83 Å². The summed E-state index contributed by atoms with van der Waals surface area (Å²) in [6.45, 7) is 0.650. The minimum atomic E-state index is -0.728. The number of nitrogens with one attached hydrogen (secondary N) is 2. The standard InChI is InChI=1S/C14H12N2O6/c17-13-19-7-11(21-13)5-15-9-2-1-3-10(4-9)16-6-12-8-20-14(18)22-12/h1-4,7-8,15-16H,5-6H2. The van der Waals surface area contributed by atoms with Crippen LogP contribution in [0, 0.1) is 0 Å². The first-order valence-electron chi connectivity index (χ1n) is 6.42. The SMILES string of the molecule is O=c1occ(CNc2cccc(NCc3coc(=O)o3)c2)o1. The Labute approximate surface area is 123 Å². The van der Waals surface area contributed by atoms with Crippen LogP contribution in [0.4, 0.5) is 11.4 Å². The molecule has 2 aromatic heterocycles. The van der Waals surface area contributed by atoms with Crippen molar-refractivity contribution in [3.8, 4) is 0 Å². The van der Waals surface area contributed by atoms with E-state index in [1.54, 1.807) is 0 Å². The highest BCUT2D eigenvalue weighted by Gasteiger charge is 2.03. The van der Waals surface area contributed by atoms with Crippen LogP contribution in [0.15, 0.2) is 64.0 Å². The topological polar surface area (TPSA) is 111 Å². The Balaban J connectivity index is 1.59. The third kappa shape index (κ3) is 3.48. The summed E-state index contributed by atoms with van der Waals surface area (Å²) in [5, 5.41) is 6.18. The molecule has 3 rings (SSSR count). The first-order valence-corrected chi connectivity index (χ1v) is 6.42. The van der Waals surface area contributed by atoms with Crippen molar-refractivity contribution in [2.45, 2.75) is 13.1 Å². The molecule has 0 bridgehead atoms. The molecule has 3 aromatic rings. The summed E-state index contributed by atoms with van der Waals surface area (Å²) in [6.07, 6.45) is 2.52. The largest absolute Gasteiger partial charge is 0.518 e. The molecule has 0 fully saturated rings. The van der Waals surface area contributed by atoms with E-state index >= 15 is 0 Å². The van der Waals surface area contributed by atoms with Crippen molar-refractivity contribution in [1.82, 2.24) is 0 Å². The molecule has 2 heterocycles. The third-order valence-electron chi connectivity index (χ3n) is 2.80. The van der Waals surface area contributed by atoms with Gasteiger partial charge in [0.15, 0.2) is 11.5 Å². The predicted molar refractivity (Wildman–Crippen MR) is 75.6 cm³/mol. The van der Waals surface area contributed by atoms with Crippen LogP contribution < -0.4 is 22.3 Å². The van der Waals surface area contributed by atoms with Gasteiger partial charge < -0.3 is 28.3 Å². The van der Waals surface area contributed by atoms with Crippen molar-refractivity contribution in [2.24, 2.45) is 0 Å². The molecular weight excluding hydrogens is 292 g/mol.